The van der Waals surface area contributed by atoms with Crippen molar-refractivity contribution in [2.24, 2.45) is 5.92 Å². The molecule has 0 atom stereocenters. The predicted molar refractivity (Wildman–Crippen MR) is 51.8 cm³/mol. The first-order chi connectivity index (χ1) is 7.20. The molecule has 0 saturated carbocycles. The maximum Gasteiger partial charge on any atom is 0.253 e. The molecule has 1 saturated heterocycles. The third-order valence-electron chi connectivity index (χ3n) is 2.55. The van der Waals surface area contributed by atoms with Gasteiger partial charge >= 0.3 is 0 Å². The SMILES string of the molecule is O=C(c1ccc(F)cc1)N1CC(CF)C1. The summed E-state index contributed by atoms with van der Waals surface area (Å²) < 4.78 is 24.7. The number of carbonyl (C=O) groups is 1. The summed E-state index contributed by atoms with van der Waals surface area (Å²) in [5, 5.41) is 0. The molecule has 0 spiro atoms. The zero-order valence-corrected chi connectivity index (χ0v) is 8.12. The van der Waals surface area contributed by atoms with E-state index in [9.17, 15) is 13.6 Å². The standard InChI is InChI=1S/C11H11F2NO/c12-5-8-6-14(7-8)11(15)9-1-3-10(13)4-2-9/h1-4,8H,5-7H2. The molecule has 1 aliphatic rings. The number of alkyl halides is 1. The van der Waals surface area contributed by atoms with Crippen molar-refractivity contribution in [1.29, 1.82) is 0 Å². The van der Waals surface area contributed by atoms with Gasteiger partial charge in [-0.05, 0) is 24.3 Å². The average Bonchev–Trinajstić information content (AvgIpc) is 2.17. The number of rotatable bonds is 2. The van der Waals surface area contributed by atoms with Crippen molar-refractivity contribution in [3.63, 3.8) is 0 Å². The second kappa shape index (κ2) is 3.96. The first kappa shape index (κ1) is 10.1. The van der Waals surface area contributed by atoms with Crippen LogP contribution in [-0.4, -0.2) is 30.6 Å². The highest BCUT2D eigenvalue weighted by Crippen LogP contribution is 2.18. The van der Waals surface area contributed by atoms with Crippen LogP contribution < -0.4 is 0 Å². The maximum absolute atomic E-state index is 12.6. The molecule has 0 aromatic heterocycles. The minimum Gasteiger partial charge on any atom is -0.338 e. The Morgan fingerprint density at radius 1 is 1.33 bits per heavy atom. The van der Waals surface area contributed by atoms with Gasteiger partial charge in [0, 0.05) is 24.6 Å². The zero-order valence-electron chi connectivity index (χ0n) is 8.12. The number of nitrogens with zero attached hydrogens (tertiary/aromatic N) is 1. The normalized spacial score (nSPS) is 16.3. The smallest absolute Gasteiger partial charge is 0.253 e. The van der Waals surface area contributed by atoms with Crippen LogP contribution in [0.1, 0.15) is 10.4 Å². The number of carbonyl (C=O) groups excluding carboxylic acids is 1. The number of likely N-dealkylation sites (tertiary alicyclic amines) is 1. The van der Waals surface area contributed by atoms with E-state index in [-0.39, 0.29) is 24.3 Å². The Kier molecular flexibility index (Phi) is 2.66. The summed E-state index contributed by atoms with van der Waals surface area (Å²) in [7, 11) is 0. The van der Waals surface area contributed by atoms with Gasteiger partial charge < -0.3 is 4.90 Å². The summed E-state index contributed by atoms with van der Waals surface area (Å²) in [6.07, 6.45) is 0. The van der Waals surface area contributed by atoms with Crippen molar-refractivity contribution in [3.8, 4) is 0 Å². The average molecular weight is 211 g/mol. The van der Waals surface area contributed by atoms with Crippen molar-refractivity contribution >= 4 is 5.91 Å². The van der Waals surface area contributed by atoms with Crippen LogP contribution in [0.3, 0.4) is 0 Å². The summed E-state index contributed by atoms with van der Waals surface area (Å²) in [6.45, 7) is 0.548. The van der Waals surface area contributed by atoms with Crippen LogP contribution in [0.25, 0.3) is 0 Å². The highest BCUT2D eigenvalue weighted by molar-refractivity contribution is 5.94. The predicted octanol–water partition coefficient (Wildman–Crippen LogP) is 1.87. The fourth-order valence-corrected chi connectivity index (χ4v) is 1.61. The Bertz CT molecular complexity index is 357. The van der Waals surface area contributed by atoms with E-state index in [1.807, 2.05) is 0 Å². The van der Waals surface area contributed by atoms with Crippen molar-refractivity contribution in [2.75, 3.05) is 19.8 Å². The third-order valence-corrected chi connectivity index (χ3v) is 2.55. The van der Waals surface area contributed by atoms with Crippen molar-refractivity contribution in [2.45, 2.75) is 0 Å². The maximum atomic E-state index is 12.6. The lowest BCUT2D eigenvalue weighted by Gasteiger charge is -2.37. The fraction of sp³-hybridized carbons (Fsp3) is 0.364. The van der Waals surface area contributed by atoms with Gasteiger partial charge in [-0.3, -0.25) is 9.18 Å². The van der Waals surface area contributed by atoms with Crippen LogP contribution in [0.4, 0.5) is 8.78 Å². The molecule has 1 amide bonds. The molecule has 1 fully saturated rings. The van der Waals surface area contributed by atoms with Crippen LogP contribution >= 0.6 is 0 Å². The van der Waals surface area contributed by atoms with Gasteiger partial charge in [0.05, 0.1) is 6.67 Å². The van der Waals surface area contributed by atoms with Gasteiger partial charge in [0.1, 0.15) is 5.82 Å². The molecule has 0 radical (unpaired) electrons. The Labute approximate surface area is 86.5 Å². The van der Waals surface area contributed by atoms with Crippen LogP contribution in [0.2, 0.25) is 0 Å². The highest BCUT2D eigenvalue weighted by Gasteiger charge is 2.30. The molecule has 1 heterocycles. The molecule has 2 rings (SSSR count). The molecular weight excluding hydrogens is 200 g/mol. The first-order valence-corrected chi connectivity index (χ1v) is 4.81. The van der Waals surface area contributed by atoms with E-state index < -0.39 is 0 Å². The van der Waals surface area contributed by atoms with E-state index >= 15 is 0 Å². The minimum absolute atomic E-state index is 0.0191. The molecule has 0 bridgehead atoms. The van der Waals surface area contributed by atoms with E-state index in [4.69, 9.17) is 0 Å². The number of halogens is 2. The number of hydrogen-bond acceptors (Lipinski definition) is 1. The topological polar surface area (TPSA) is 20.3 Å². The Balaban J connectivity index is 2.00. The van der Waals surface area contributed by atoms with Gasteiger partial charge in [0.15, 0.2) is 0 Å². The fourth-order valence-electron chi connectivity index (χ4n) is 1.61. The molecule has 15 heavy (non-hydrogen) atoms. The van der Waals surface area contributed by atoms with Gasteiger partial charge in [0.2, 0.25) is 0 Å². The molecule has 0 unspecified atom stereocenters. The van der Waals surface area contributed by atoms with Crippen molar-refractivity contribution < 1.29 is 13.6 Å². The summed E-state index contributed by atoms with van der Waals surface area (Å²) in [6, 6.07) is 5.39. The minimum atomic E-state index is -0.382. The molecular formula is C11H11F2NO. The lowest BCUT2D eigenvalue weighted by atomic mass is 10.0. The van der Waals surface area contributed by atoms with Crippen LogP contribution in [0, 0.1) is 11.7 Å². The highest BCUT2D eigenvalue weighted by atomic mass is 19.1. The van der Waals surface area contributed by atoms with E-state index in [0.717, 1.165) is 0 Å². The van der Waals surface area contributed by atoms with Crippen LogP contribution in [0.15, 0.2) is 24.3 Å². The Hall–Kier alpha value is -1.45. The number of amides is 1. The van der Waals surface area contributed by atoms with Crippen molar-refractivity contribution in [3.05, 3.63) is 35.6 Å². The van der Waals surface area contributed by atoms with Crippen LogP contribution in [-0.2, 0) is 0 Å². The summed E-state index contributed by atoms with van der Waals surface area (Å²) in [4.78, 5) is 13.2. The Morgan fingerprint density at radius 3 is 2.47 bits per heavy atom. The van der Waals surface area contributed by atoms with Crippen LogP contribution in [0.5, 0.6) is 0 Å². The summed E-state index contributed by atoms with van der Waals surface area (Å²) in [5.74, 6) is -0.536. The first-order valence-electron chi connectivity index (χ1n) is 4.81. The van der Waals surface area contributed by atoms with E-state index in [1.54, 1.807) is 4.90 Å². The molecule has 1 aliphatic heterocycles. The van der Waals surface area contributed by atoms with E-state index in [0.29, 0.717) is 18.7 Å². The lowest BCUT2D eigenvalue weighted by Crippen LogP contribution is -2.50. The van der Waals surface area contributed by atoms with Crippen molar-refractivity contribution in [1.82, 2.24) is 4.90 Å². The lowest BCUT2D eigenvalue weighted by molar-refractivity contribution is 0.0453. The van der Waals surface area contributed by atoms with Gasteiger partial charge in [-0.15, -0.1) is 0 Å². The molecule has 1 aromatic carbocycles. The molecule has 1 aromatic rings. The number of benzene rings is 1. The molecule has 2 nitrogen and oxygen atoms in total. The number of hydrogen-bond donors (Lipinski definition) is 0. The monoisotopic (exact) mass is 211 g/mol. The largest absolute Gasteiger partial charge is 0.338 e. The summed E-state index contributed by atoms with van der Waals surface area (Å²) in [5.41, 5.74) is 0.453. The van der Waals surface area contributed by atoms with Gasteiger partial charge in [-0.25, -0.2) is 4.39 Å². The second-order valence-electron chi connectivity index (χ2n) is 3.74. The van der Waals surface area contributed by atoms with E-state index in [1.165, 1.54) is 24.3 Å². The van der Waals surface area contributed by atoms with E-state index in [2.05, 4.69) is 0 Å². The van der Waals surface area contributed by atoms with Gasteiger partial charge in [-0.1, -0.05) is 0 Å². The zero-order chi connectivity index (χ0) is 10.8. The van der Waals surface area contributed by atoms with Gasteiger partial charge in [-0.2, -0.15) is 0 Å². The molecule has 0 N–H and O–H groups in total. The molecule has 0 aliphatic carbocycles. The quantitative estimate of drug-likeness (QED) is 0.731. The Morgan fingerprint density at radius 2 is 1.93 bits per heavy atom. The molecule has 80 valence electrons. The third kappa shape index (κ3) is 1.98. The second-order valence-corrected chi connectivity index (χ2v) is 3.74. The van der Waals surface area contributed by atoms with Gasteiger partial charge in [0.25, 0.3) is 5.91 Å². The molecule has 4 heteroatoms. The summed E-state index contributed by atoms with van der Waals surface area (Å²) >= 11 is 0.